The highest BCUT2D eigenvalue weighted by Gasteiger charge is 2.28. The Bertz CT molecular complexity index is 556. The lowest BCUT2D eigenvalue weighted by Gasteiger charge is -2.31. The van der Waals surface area contributed by atoms with Gasteiger partial charge >= 0.3 is 0 Å². The molecule has 1 aromatic rings. The van der Waals surface area contributed by atoms with Crippen LogP contribution in [0.3, 0.4) is 0 Å². The van der Waals surface area contributed by atoms with Gasteiger partial charge in [0.05, 0.1) is 0 Å². The molecule has 6 heteroatoms. The number of anilines is 1. The van der Waals surface area contributed by atoms with Crippen molar-refractivity contribution in [3.8, 4) is 0 Å². The van der Waals surface area contributed by atoms with Gasteiger partial charge in [0.1, 0.15) is 0 Å². The maximum Gasteiger partial charge on any atom is 0.227 e. The SMILES string of the molecule is CC(=O)N(Cc1ccc(NC(=O)C(C)C2CNC2)cc1)C(C)C.Cl. The maximum atomic E-state index is 12.2. The van der Waals surface area contributed by atoms with E-state index in [-0.39, 0.29) is 36.2 Å². The summed E-state index contributed by atoms with van der Waals surface area (Å²) in [5, 5.41) is 6.16. The number of rotatable bonds is 6. The van der Waals surface area contributed by atoms with Crippen LogP contribution in [0.5, 0.6) is 0 Å². The fourth-order valence-corrected chi connectivity index (χ4v) is 2.68. The van der Waals surface area contributed by atoms with Crippen molar-refractivity contribution in [2.75, 3.05) is 18.4 Å². The molecule has 0 saturated carbocycles. The van der Waals surface area contributed by atoms with E-state index >= 15 is 0 Å². The third-order valence-corrected chi connectivity index (χ3v) is 4.54. The van der Waals surface area contributed by atoms with Crippen molar-refractivity contribution in [1.29, 1.82) is 0 Å². The number of nitrogens with zero attached hydrogens (tertiary/aromatic N) is 1. The number of carbonyl (C=O) groups excluding carboxylic acids is 2. The Balaban J connectivity index is 0.00000288. The maximum absolute atomic E-state index is 12.2. The van der Waals surface area contributed by atoms with Gasteiger partial charge in [-0.1, -0.05) is 19.1 Å². The predicted molar refractivity (Wildman–Crippen MR) is 99.2 cm³/mol. The molecular formula is C18H28ClN3O2. The van der Waals surface area contributed by atoms with E-state index in [0.29, 0.717) is 12.5 Å². The van der Waals surface area contributed by atoms with E-state index in [2.05, 4.69) is 10.6 Å². The highest BCUT2D eigenvalue weighted by atomic mass is 35.5. The van der Waals surface area contributed by atoms with Crippen LogP contribution in [0.4, 0.5) is 5.69 Å². The van der Waals surface area contributed by atoms with E-state index in [0.717, 1.165) is 24.3 Å². The van der Waals surface area contributed by atoms with E-state index in [1.807, 2.05) is 49.9 Å². The Labute approximate surface area is 150 Å². The number of halogens is 1. The molecule has 1 aliphatic heterocycles. The highest BCUT2D eigenvalue weighted by molar-refractivity contribution is 5.92. The summed E-state index contributed by atoms with van der Waals surface area (Å²) >= 11 is 0. The van der Waals surface area contributed by atoms with Gasteiger partial charge < -0.3 is 15.5 Å². The summed E-state index contributed by atoms with van der Waals surface area (Å²) in [7, 11) is 0. The van der Waals surface area contributed by atoms with E-state index in [1.165, 1.54) is 0 Å². The van der Waals surface area contributed by atoms with Crippen molar-refractivity contribution in [3.63, 3.8) is 0 Å². The molecule has 1 aliphatic rings. The minimum atomic E-state index is 0. The first kappa shape index (κ1) is 20.5. The number of nitrogens with one attached hydrogen (secondary N) is 2. The molecule has 0 aliphatic carbocycles. The minimum Gasteiger partial charge on any atom is -0.336 e. The summed E-state index contributed by atoms with van der Waals surface area (Å²) in [6, 6.07) is 7.89. The molecule has 1 atom stereocenters. The van der Waals surface area contributed by atoms with Crippen LogP contribution in [-0.2, 0) is 16.1 Å². The van der Waals surface area contributed by atoms with Gasteiger partial charge in [0, 0.05) is 31.1 Å². The van der Waals surface area contributed by atoms with Crippen molar-refractivity contribution in [1.82, 2.24) is 10.2 Å². The summed E-state index contributed by atoms with van der Waals surface area (Å²) in [6.45, 7) is 10.0. The van der Waals surface area contributed by atoms with Gasteiger partial charge in [-0.2, -0.15) is 0 Å². The molecule has 1 unspecified atom stereocenters. The van der Waals surface area contributed by atoms with E-state index < -0.39 is 0 Å². The second kappa shape index (κ2) is 9.04. The summed E-state index contributed by atoms with van der Waals surface area (Å²) < 4.78 is 0. The van der Waals surface area contributed by atoms with Gasteiger partial charge in [-0.25, -0.2) is 0 Å². The quantitative estimate of drug-likeness (QED) is 0.826. The van der Waals surface area contributed by atoms with Crippen molar-refractivity contribution in [2.45, 2.75) is 40.3 Å². The van der Waals surface area contributed by atoms with Crippen LogP contribution in [0, 0.1) is 11.8 Å². The van der Waals surface area contributed by atoms with Crippen LogP contribution in [0.15, 0.2) is 24.3 Å². The van der Waals surface area contributed by atoms with Gasteiger partial charge in [0.25, 0.3) is 0 Å². The van der Waals surface area contributed by atoms with Crippen LogP contribution in [0.25, 0.3) is 0 Å². The minimum absolute atomic E-state index is 0. The molecule has 1 heterocycles. The largest absolute Gasteiger partial charge is 0.336 e. The zero-order valence-corrected chi connectivity index (χ0v) is 15.7. The first-order chi connectivity index (χ1) is 10.9. The summed E-state index contributed by atoms with van der Waals surface area (Å²) in [6.07, 6.45) is 0. The topological polar surface area (TPSA) is 61.4 Å². The molecule has 2 N–H and O–H groups in total. The van der Waals surface area contributed by atoms with Crippen LogP contribution in [-0.4, -0.2) is 35.8 Å². The van der Waals surface area contributed by atoms with Crippen molar-refractivity contribution < 1.29 is 9.59 Å². The molecule has 24 heavy (non-hydrogen) atoms. The number of benzene rings is 1. The monoisotopic (exact) mass is 353 g/mol. The Hall–Kier alpha value is -1.59. The Morgan fingerprint density at radius 2 is 1.79 bits per heavy atom. The van der Waals surface area contributed by atoms with Crippen LogP contribution >= 0.6 is 12.4 Å². The summed E-state index contributed by atoms with van der Waals surface area (Å²) in [5.74, 6) is 0.589. The number of carbonyl (C=O) groups is 2. The molecule has 134 valence electrons. The third kappa shape index (κ3) is 5.21. The second-order valence-corrected chi connectivity index (χ2v) is 6.63. The summed E-state index contributed by atoms with van der Waals surface area (Å²) in [4.78, 5) is 25.7. The van der Waals surface area contributed by atoms with Crippen LogP contribution in [0.1, 0.15) is 33.3 Å². The standard InChI is InChI=1S/C18H27N3O2.ClH/c1-12(2)21(14(4)22)11-15-5-7-17(8-6-15)20-18(23)13(3)16-9-19-10-16;/h5-8,12-13,16,19H,9-11H2,1-4H3,(H,20,23);1H. The average molecular weight is 354 g/mol. The lowest BCUT2D eigenvalue weighted by molar-refractivity contribution is -0.131. The normalized spacial score (nSPS) is 15.2. The van der Waals surface area contributed by atoms with Crippen molar-refractivity contribution in [2.24, 2.45) is 11.8 Å². The molecule has 1 fully saturated rings. The average Bonchev–Trinajstić information content (AvgIpc) is 2.43. The van der Waals surface area contributed by atoms with Gasteiger partial charge in [-0.05, 0) is 50.6 Å². The Morgan fingerprint density at radius 3 is 2.21 bits per heavy atom. The molecular weight excluding hydrogens is 326 g/mol. The van der Waals surface area contributed by atoms with Gasteiger partial charge in [0.15, 0.2) is 0 Å². The summed E-state index contributed by atoms with van der Waals surface area (Å²) in [5.41, 5.74) is 1.86. The zero-order chi connectivity index (χ0) is 17.0. The van der Waals surface area contributed by atoms with E-state index in [1.54, 1.807) is 6.92 Å². The Morgan fingerprint density at radius 1 is 1.21 bits per heavy atom. The number of hydrogen-bond donors (Lipinski definition) is 2. The molecule has 0 spiro atoms. The fourth-order valence-electron chi connectivity index (χ4n) is 2.68. The molecule has 1 aromatic carbocycles. The molecule has 0 aromatic heterocycles. The zero-order valence-electron chi connectivity index (χ0n) is 14.8. The first-order valence-electron chi connectivity index (χ1n) is 8.26. The lowest BCUT2D eigenvalue weighted by Crippen LogP contribution is -2.48. The predicted octanol–water partition coefficient (Wildman–Crippen LogP) is 2.66. The molecule has 2 amide bonds. The molecule has 0 radical (unpaired) electrons. The highest BCUT2D eigenvalue weighted by Crippen LogP contribution is 2.19. The van der Waals surface area contributed by atoms with Gasteiger partial charge in [-0.15, -0.1) is 12.4 Å². The lowest BCUT2D eigenvalue weighted by atomic mass is 9.88. The smallest absolute Gasteiger partial charge is 0.227 e. The molecule has 2 rings (SSSR count). The third-order valence-electron chi connectivity index (χ3n) is 4.54. The van der Waals surface area contributed by atoms with Gasteiger partial charge in [0.2, 0.25) is 11.8 Å². The fraction of sp³-hybridized carbons (Fsp3) is 0.556. The van der Waals surface area contributed by atoms with Crippen molar-refractivity contribution >= 4 is 29.9 Å². The van der Waals surface area contributed by atoms with E-state index in [9.17, 15) is 9.59 Å². The van der Waals surface area contributed by atoms with Crippen molar-refractivity contribution in [3.05, 3.63) is 29.8 Å². The van der Waals surface area contributed by atoms with Gasteiger partial charge in [-0.3, -0.25) is 9.59 Å². The molecule has 5 nitrogen and oxygen atoms in total. The first-order valence-corrected chi connectivity index (χ1v) is 8.26. The number of hydrogen-bond acceptors (Lipinski definition) is 3. The van der Waals surface area contributed by atoms with Crippen LogP contribution in [0.2, 0.25) is 0 Å². The van der Waals surface area contributed by atoms with E-state index in [4.69, 9.17) is 0 Å². The van der Waals surface area contributed by atoms with Crippen LogP contribution < -0.4 is 10.6 Å². The number of amides is 2. The molecule has 1 saturated heterocycles. The second-order valence-electron chi connectivity index (χ2n) is 6.63. The molecule has 0 bridgehead atoms. The Kier molecular flexibility index (Phi) is 7.70.